The molecule has 0 saturated carbocycles. The first-order chi connectivity index (χ1) is 12.3. The van der Waals surface area contributed by atoms with Crippen molar-refractivity contribution in [2.24, 2.45) is 9.65 Å². The first kappa shape index (κ1) is 23.2. The fraction of sp³-hybridized carbons (Fsp3) is 0.619. The van der Waals surface area contributed by atoms with Gasteiger partial charge >= 0.3 is 0 Å². The molecule has 27 heavy (non-hydrogen) atoms. The average Bonchev–Trinajstić information content (AvgIpc) is 2.51. The van der Waals surface area contributed by atoms with Gasteiger partial charge in [0, 0.05) is 33.9 Å². The van der Waals surface area contributed by atoms with Crippen LogP contribution in [0.25, 0.3) is 0 Å². The van der Waals surface area contributed by atoms with E-state index in [1.165, 1.54) is 16.8 Å². The minimum atomic E-state index is -1.64. The van der Waals surface area contributed by atoms with Crippen LogP contribution in [0.1, 0.15) is 50.7 Å². The Hall–Kier alpha value is -1.82. The number of hydrogen-bond acceptors (Lipinski definition) is 1. The second-order valence-electron chi connectivity index (χ2n) is 9.05. The zero-order valence-corrected chi connectivity index (χ0v) is 20.2. The number of aliphatic imine (C=N–C) groups is 1. The molecule has 0 saturated heterocycles. The highest BCUT2D eigenvalue weighted by Crippen LogP contribution is 2.32. The maximum Gasteiger partial charge on any atom is 0.214 e. The van der Waals surface area contributed by atoms with Crippen molar-refractivity contribution >= 4 is 25.8 Å². The van der Waals surface area contributed by atoms with E-state index >= 15 is 0 Å². The van der Waals surface area contributed by atoms with E-state index in [1.807, 2.05) is 38.0 Å². The van der Waals surface area contributed by atoms with Crippen LogP contribution in [-0.4, -0.2) is 58.1 Å². The summed E-state index contributed by atoms with van der Waals surface area (Å²) in [6.45, 7) is 15.6. The topological polar surface area (TPSA) is 43.2 Å². The van der Waals surface area contributed by atoms with Gasteiger partial charge in [-0.2, -0.15) is 4.99 Å². The Labute approximate surface area is 167 Å². The van der Waals surface area contributed by atoms with E-state index in [0.717, 1.165) is 11.9 Å². The molecule has 5 nitrogen and oxygen atoms in total. The lowest BCUT2D eigenvalue weighted by Gasteiger charge is -2.25. The molecule has 0 atom stereocenters. The smallest absolute Gasteiger partial charge is 0.214 e. The predicted octanol–water partition coefficient (Wildman–Crippen LogP) is 5.02. The van der Waals surface area contributed by atoms with Crippen LogP contribution in [0.3, 0.4) is 0 Å². The van der Waals surface area contributed by atoms with Crippen molar-refractivity contribution in [2.45, 2.75) is 59.2 Å². The standard InChI is InChI=1S/C21H39N5Si/c1-15(2)17-13-12-14-18(16(3)4)19(17)22-20(25(5)6)23-21(26(7)8)24-27(9,10)11/h12-16H,1-11H3,(H,22,23,24). The highest BCUT2D eigenvalue weighted by molar-refractivity contribution is 6.75. The summed E-state index contributed by atoms with van der Waals surface area (Å²) in [6.07, 6.45) is 0. The van der Waals surface area contributed by atoms with Gasteiger partial charge in [-0.25, -0.2) is 0 Å². The van der Waals surface area contributed by atoms with E-state index < -0.39 is 8.24 Å². The number of anilines is 1. The van der Waals surface area contributed by atoms with Crippen LogP contribution in [-0.2, 0) is 0 Å². The van der Waals surface area contributed by atoms with Gasteiger partial charge in [-0.3, -0.25) is 4.66 Å². The molecule has 0 fully saturated rings. The number of rotatable bonds is 4. The van der Waals surface area contributed by atoms with Crippen LogP contribution in [0.15, 0.2) is 27.8 Å². The summed E-state index contributed by atoms with van der Waals surface area (Å²) >= 11 is 0. The quantitative estimate of drug-likeness (QED) is 0.447. The van der Waals surface area contributed by atoms with Crippen LogP contribution >= 0.6 is 0 Å². The molecular weight excluding hydrogens is 350 g/mol. The normalized spacial score (nSPS) is 13.4. The Morgan fingerprint density at radius 3 is 1.70 bits per heavy atom. The molecule has 1 N–H and O–H groups in total. The fourth-order valence-electron chi connectivity index (χ4n) is 2.67. The lowest BCUT2D eigenvalue weighted by molar-refractivity contribution is 0.599. The molecule has 6 heteroatoms. The molecule has 1 rings (SSSR count). The molecule has 0 radical (unpaired) electrons. The minimum absolute atomic E-state index is 0.429. The Balaban J connectivity index is 3.50. The first-order valence-electron chi connectivity index (χ1n) is 9.76. The van der Waals surface area contributed by atoms with Crippen molar-refractivity contribution in [3.63, 3.8) is 0 Å². The van der Waals surface area contributed by atoms with E-state index in [9.17, 15) is 0 Å². The zero-order valence-electron chi connectivity index (χ0n) is 19.2. The fourth-order valence-corrected chi connectivity index (χ4v) is 3.52. The molecular formula is C21H39N5Si. The second kappa shape index (κ2) is 9.40. The van der Waals surface area contributed by atoms with Gasteiger partial charge in [-0.05, 0) is 42.6 Å². The second-order valence-corrected chi connectivity index (χ2v) is 13.6. The summed E-state index contributed by atoms with van der Waals surface area (Å²) in [5.41, 5.74) is 3.79. The Morgan fingerprint density at radius 2 is 1.37 bits per heavy atom. The number of nitrogens with one attached hydrogen (secondary N) is 1. The molecule has 0 heterocycles. The molecule has 0 spiro atoms. The molecule has 152 valence electrons. The zero-order chi connectivity index (χ0) is 20.9. The Morgan fingerprint density at radius 1 is 0.889 bits per heavy atom. The number of hydrogen-bond donors (Lipinski definition) is 1. The number of benzene rings is 1. The van der Waals surface area contributed by atoms with Gasteiger partial charge in [0.2, 0.25) is 11.9 Å². The molecule has 0 aromatic heterocycles. The van der Waals surface area contributed by atoms with E-state index in [4.69, 9.17) is 9.65 Å². The molecule has 1 aromatic rings. The van der Waals surface area contributed by atoms with E-state index in [1.54, 1.807) is 0 Å². The van der Waals surface area contributed by atoms with Crippen molar-refractivity contribution in [2.75, 3.05) is 33.5 Å². The lowest BCUT2D eigenvalue weighted by atomic mass is 9.93. The molecule has 0 amide bonds. The van der Waals surface area contributed by atoms with Gasteiger partial charge in [0.1, 0.15) is 0 Å². The first-order valence-corrected chi connectivity index (χ1v) is 13.2. The van der Waals surface area contributed by atoms with Gasteiger partial charge < -0.3 is 15.1 Å². The molecule has 0 unspecified atom stereocenters. The predicted molar refractivity (Wildman–Crippen MR) is 124 cm³/mol. The van der Waals surface area contributed by atoms with Gasteiger partial charge in [0.15, 0.2) is 8.24 Å². The SMILES string of the molecule is CC(C)c1cccc(C(C)C)c1N/C(=N/C(=N/[Si](C)(C)C)N(C)C)N(C)C. The summed E-state index contributed by atoms with van der Waals surface area (Å²) in [6, 6.07) is 6.56. The van der Waals surface area contributed by atoms with Gasteiger partial charge in [-0.1, -0.05) is 45.9 Å². The van der Waals surface area contributed by atoms with Crippen molar-refractivity contribution in [3.05, 3.63) is 29.3 Å². The van der Waals surface area contributed by atoms with Crippen LogP contribution in [0, 0.1) is 0 Å². The molecule has 0 aliphatic rings. The van der Waals surface area contributed by atoms with Crippen molar-refractivity contribution in [1.82, 2.24) is 9.80 Å². The summed E-state index contributed by atoms with van der Waals surface area (Å²) < 4.78 is 4.91. The van der Waals surface area contributed by atoms with Gasteiger partial charge in [0.05, 0.1) is 0 Å². The van der Waals surface area contributed by atoms with E-state index in [2.05, 4.69) is 70.9 Å². The highest BCUT2D eigenvalue weighted by Gasteiger charge is 2.18. The number of nitrogens with zero attached hydrogens (tertiary/aromatic N) is 4. The average molecular weight is 390 g/mol. The molecule has 0 aliphatic heterocycles. The number of guanidine groups is 2. The summed E-state index contributed by atoms with van der Waals surface area (Å²) in [7, 11) is 6.38. The molecule has 0 bridgehead atoms. The maximum atomic E-state index is 4.91. The van der Waals surface area contributed by atoms with Crippen molar-refractivity contribution in [3.8, 4) is 0 Å². The van der Waals surface area contributed by atoms with Crippen LogP contribution in [0.5, 0.6) is 0 Å². The van der Waals surface area contributed by atoms with Gasteiger partial charge in [0.25, 0.3) is 0 Å². The van der Waals surface area contributed by atoms with Crippen LogP contribution < -0.4 is 5.32 Å². The lowest BCUT2D eigenvalue weighted by Crippen LogP contribution is -2.35. The highest BCUT2D eigenvalue weighted by atomic mass is 28.3. The van der Waals surface area contributed by atoms with Crippen LogP contribution in [0.2, 0.25) is 19.6 Å². The summed E-state index contributed by atoms with van der Waals surface area (Å²) in [5, 5.41) is 3.63. The van der Waals surface area contributed by atoms with E-state index in [-0.39, 0.29) is 0 Å². The summed E-state index contributed by atoms with van der Waals surface area (Å²) in [5.74, 6) is 2.42. The minimum Gasteiger partial charge on any atom is -0.348 e. The van der Waals surface area contributed by atoms with Gasteiger partial charge in [-0.15, -0.1) is 0 Å². The molecule has 1 aromatic carbocycles. The van der Waals surface area contributed by atoms with Crippen molar-refractivity contribution in [1.29, 1.82) is 0 Å². The van der Waals surface area contributed by atoms with Crippen molar-refractivity contribution < 1.29 is 0 Å². The molecule has 0 aliphatic carbocycles. The third kappa shape index (κ3) is 7.01. The third-order valence-electron chi connectivity index (χ3n) is 4.07. The monoisotopic (exact) mass is 389 g/mol. The Bertz CT molecular complexity index is 656. The van der Waals surface area contributed by atoms with Crippen LogP contribution in [0.4, 0.5) is 5.69 Å². The van der Waals surface area contributed by atoms with E-state index in [0.29, 0.717) is 11.8 Å². The third-order valence-corrected chi connectivity index (χ3v) is 4.95. The Kier molecular flexibility index (Phi) is 8.08. The largest absolute Gasteiger partial charge is 0.348 e. The summed E-state index contributed by atoms with van der Waals surface area (Å²) in [4.78, 5) is 8.90. The number of para-hydroxylation sites is 1. The maximum absolute atomic E-state index is 4.91.